The molecule has 0 fully saturated rings. The van der Waals surface area contributed by atoms with Crippen LogP contribution in [0.15, 0.2) is 18.2 Å². The van der Waals surface area contributed by atoms with Crippen molar-refractivity contribution in [1.82, 2.24) is 5.32 Å². The number of benzene rings is 1. The van der Waals surface area contributed by atoms with Crippen LogP contribution in [-0.4, -0.2) is 32.8 Å². The van der Waals surface area contributed by atoms with Crippen LogP contribution in [0.1, 0.15) is 22.3 Å². The third-order valence-electron chi connectivity index (χ3n) is 2.76. The summed E-state index contributed by atoms with van der Waals surface area (Å²) in [7, 11) is 1.66. The molecule has 0 radical (unpaired) electrons. The number of carbonyl (C=O) groups excluding carboxylic acids is 1. The topological polar surface area (TPSA) is 47.6 Å². The highest BCUT2D eigenvalue weighted by molar-refractivity contribution is 5.94. The van der Waals surface area contributed by atoms with E-state index in [1.807, 2.05) is 12.1 Å². The summed E-state index contributed by atoms with van der Waals surface area (Å²) in [5.41, 5.74) is 1.82. The van der Waals surface area contributed by atoms with Crippen LogP contribution >= 0.6 is 0 Å². The summed E-state index contributed by atoms with van der Waals surface area (Å²) in [4.78, 5) is 11.8. The Bertz CT molecular complexity index is 404. The zero-order valence-electron chi connectivity index (χ0n) is 9.99. The highest BCUT2D eigenvalue weighted by Gasteiger charge is 2.14. The molecular formula is C13H17NO3. The van der Waals surface area contributed by atoms with E-state index in [0.717, 1.165) is 24.2 Å². The van der Waals surface area contributed by atoms with Crippen molar-refractivity contribution in [3.63, 3.8) is 0 Å². The van der Waals surface area contributed by atoms with Crippen LogP contribution < -0.4 is 10.1 Å². The van der Waals surface area contributed by atoms with E-state index in [9.17, 15) is 4.79 Å². The van der Waals surface area contributed by atoms with Crippen molar-refractivity contribution < 1.29 is 14.3 Å². The average molecular weight is 235 g/mol. The van der Waals surface area contributed by atoms with Gasteiger partial charge >= 0.3 is 0 Å². The second kappa shape index (κ2) is 5.68. The Labute approximate surface area is 101 Å². The molecule has 0 unspecified atom stereocenters. The molecule has 2 rings (SSSR count). The van der Waals surface area contributed by atoms with Crippen molar-refractivity contribution in [3.8, 4) is 5.75 Å². The lowest BCUT2D eigenvalue weighted by atomic mass is 10.1. The molecule has 0 atom stereocenters. The molecule has 1 heterocycles. The van der Waals surface area contributed by atoms with Gasteiger partial charge in [-0.3, -0.25) is 4.79 Å². The first-order chi connectivity index (χ1) is 8.31. The minimum Gasteiger partial charge on any atom is -0.493 e. The lowest BCUT2D eigenvalue weighted by Gasteiger charge is -2.06. The highest BCUT2D eigenvalue weighted by Crippen LogP contribution is 2.25. The van der Waals surface area contributed by atoms with E-state index < -0.39 is 0 Å². The van der Waals surface area contributed by atoms with E-state index in [1.54, 1.807) is 13.2 Å². The van der Waals surface area contributed by atoms with Gasteiger partial charge in [0.2, 0.25) is 0 Å². The summed E-state index contributed by atoms with van der Waals surface area (Å²) in [6.45, 7) is 2.02. The molecule has 0 aliphatic carbocycles. The van der Waals surface area contributed by atoms with E-state index >= 15 is 0 Å². The smallest absolute Gasteiger partial charge is 0.251 e. The van der Waals surface area contributed by atoms with E-state index in [-0.39, 0.29) is 5.91 Å². The molecule has 0 aromatic heterocycles. The Kier molecular flexibility index (Phi) is 3.98. The number of fused-ring (bicyclic) bond motifs is 1. The Balaban J connectivity index is 1.91. The number of carbonyl (C=O) groups is 1. The maximum absolute atomic E-state index is 11.8. The fourth-order valence-corrected chi connectivity index (χ4v) is 1.85. The van der Waals surface area contributed by atoms with E-state index in [1.165, 1.54) is 0 Å². The molecule has 0 spiro atoms. The molecule has 4 nitrogen and oxygen atoms in total. The second-order valence-electron chi connectivity index (χ2n) is 4.02. The van der Waals surface area contributed by atoms with Gasteiger partial charge in [0, 0.05) is 32.2 Å². The summed E-state index contributed by atoms with van der Waals surface area (Å²) in [6, 6.07) is 5.58. The zero-order valence-corrected chi connectivity index (χ0v) is 9.99. The van der Waals surface area contributed by atoms with Crippen LogP contribution in [0.3, 0.4) is 0 Å². The van der Waals surface area contributed by atoms with E-state index in [4.69, 9.17) is 9.47 Å². The molecule has 1 aromatic rings. The lowest BCUT2D eigenvalue weighted by Crippen LogP contribution is -2.25. The number of methoxy groups -OCH3 is 1. The van der Waals surface area contributed by atoms with Gasteiger partial charge in [0.25, 0.3) is 5.91 Å². The number of ether oxygens (including phenoxy) is 2. The Morgan fingerprint density at radius 3 is 3.24 bits per heavy atom. The van der Waals surface area contributed by atoms with Crippen LogP contribution in [0, 0.1) is 0 Å². The maximum Gasteiger partial charge on any atom is 0.251 e. The molecule has 1 aliphatic rings. The highest BCUT2D eigenvalue weighted by atomic mass is 16.5. The minimum atomic E-state index is -0.0317. The van der Waals surface area contributed by atoms with Gasteiger partial charge in [-0.1, -0.05) is 0 Å². The van der Waals surface area contributed by atoms with E-state index in [2.05, 4.69) is 5.32 Å². The average Bonchev–Trinajstić information content (AvgIpc) is 2.81. The van der Waals surface area contributed by atoms with Crippen molar-refractivity contribution in [2.75, 3.05) is 26.9 Å². The number of hydrogen-bond donors (Lipinski definition) is 1. The largest absolute Gasteiger partial charge is 0.493 e. The Hall–Kier alpha value is -1.55. The lowest BCUT2D eigenvalue weighted by molar-refractivity contribution is 0.0948. The first-order valence-electron chi connectivity index (χ1n) is 5.84. The number of rotatable bonds is 5. The van der Waals surface area contributed by atoms with Crippen molar-refractivity contribution in [2.24, 2.45) is 0 Å². The molecule has 17 heavy (non-hydrogen) atoms. The van der Waals surface area contributed by atoms with Crippen molar-refractivity contribution in [1.29, 1.82) is 0 Å². The van der Waals surface area contributed by atoms with Gasteiger partial charge in [0.15, 0.2) is 0 Å². The predicted octanol–water partition coefficient (Wildman–Crippen LogP) is 1.39. The summed E-state index contributed by atoms with van der Waals surface area (Å²) in [5, 5.41) is 2.87. The van der Waals surface area contributed by atoms with Gasteiger partial charge in [-0.05, 0) is 30.2 Å². The molecule has 4 heteroatoms. The molecule has 1 aromatic carbocycles. The molecule has 0 saturated carbocycles. The fourth-order valence-electron chi connectivity index (χ4n) is 1.85. The molecule has 0 bridgehead atoms. The molecule has 1 aliphatic heterocycles. The normalized spacial score (nSPS) is 13.0. The molecule has 1 amide bonds. The maximum atomic E-state index is 11.8. The van der Waals surface area contributed by atoms with Crippen LogP contribution in [0.5, 0.6) is 5.75 Å². The number of hydrogen-bond acceptors (Lipinski definition) is 3. The van der Waals surface area contributed by atoms with Crippen LogP contribution in [0.4, 0.5) is 0 Å². The summed E-state index contributed by atoms with van der Waals surface area (Å²) >= 11 is 0. The molecular weight excluding hydrogens is 218 g/mol. The van der Waals surface area contributed by atoms with Gasteiger partial charge in [0.1, 0.15) is 5.75 Å². The summed E-state index contributed by atoms with van der Waals surface area (Å²) < 4.78 is 10.3. The Morgan fingerprint density at radius 2 is 2.41 bits per heavy atom. The second-order valence-corrected chi connectivity index (χ2v) is 4.02. The minimum absolute atomic E-state index is 0.0317. The first-order valence-corrected chi connectivity index (χ1v) is 5.84. The van der Waals surface area contributed by atoms with Crippen LogP contribution in [-0.2, 0) is 11.2 Å². The quantitative estimate of drug-likeness (QED) is 0.784. The van der Waals surface area contributed by atoms with Crippen LogP contribution in [0.25, 0.3) is 0 Å². The molecule has 92 valence electrons. The fraction of sp³-hybridized carbons (Fsp3) is 0.462. The van der Waals surface area contributed by atoms with Gasteiger partial charge in [-0.15, -0.1) is 0 Å². The van der Waals surface area contributed by atoms with Crippen LogP contribution in [0.2, 0.25) is 0 Å². The third kappa shape index (κ3) is 2.97. The SMILES string of the molecule is COCCCNC(=O)c1ccc2c(c1)CCO2. The first kappa shape index (κ1) is 11.9. The van der Waals surface area contributed by atoms with Gasteiger partial charge < -0.3 is 14.8 Å². The van der Waals surface area contributed by atoms with Crippen molar-refractivity contribution in [3.05, 3.63) is 29.3 Å². The Morgan fingerprint density at radius 1 is 1.53 bits per heavy atom. The summed E-state index contributed by atoms with van der Waals surface area (Å²) in [5.74, 6) is 0.872. The van der Waals surface area contributed by atoms with Gasteiger partial charge in [0.05, 0.1) is 6.61 Å². The number of amides is 1. The summed E-state index contributed by atoms with van der Waals surface area (Å²) in [6.07, 6.45) is 1.72. The van der Waals surface area contributed by atoms with Gasteiger partial charge in [-0.2, -0.15) is 0 Å². The predicted molar refractivity (Wildman–Crippen MR) is 64.5 cm³/mol. The van der Waals surface area contributed by atoms with Crippen molar-refractivity contribution >= 4 is 5.91 Å². The standard InChI is InChI=1S/C13H17NO3/c1-16-7-2-6-14-13(15)11-3-4-12-10(9-11)5-8-17-12/h3-4,9H,2,5-8H2,1H3,(H,14,15). The van der Waals surface area contributed by atoms with Gasteiger partial charge in [-0.25, -0.2) is 0 Å². The number of nitrogens with one attached hydrogen (secondary N) is 1. The monoisotopic (exact) mass is 235 g/mol. The third-order valence-corrected chi connectivity index (χ3v) is 2.76. The molecule has 1 N–H and O–H groups in total. The zero-order chi connectivity index (χ0) is 12.1. The molecule has 0 saturated heterocycles. The van der Waals surface area contributed by atoms with Crippen molar-refractivity contribution in [2.45, 2.75) is 12.8 Å². The van der Waals surface area contributed by atoms with E-state index in [0.29, 0.717) is 25.3 Å².